The Morgan fingerprint density at radius 2 is 1.78 bits per heavy atom. The van der Waals surface area contributed by atoms with Gasteiger partial charge < -0.3 is 5.11 Å². The van der Waals surface area contributed by atoms with Crippen molar-refractivity contribution in [3.8, 4) is 0 Å². The number of thiazole rings is 1. The predicted octanol–water partition coefficient (Wildman–Crippen LogP) is 4.34. The van der Waals surface area contributed by atoms with Crippen molar-refractivity contribution in [2.24, 2.45) is 0 Å². The average molecular weight is 492 g/mol. The van der Waals surface area contributed by atoms with E-state index in [1.807, 2.05) is 0 Å². The minimum Gasteiger partial charge on any atom is -0.502 e. The highest BCUT2D eigenvalue weighted by atomic mass is 35.5. The number of nitro groups is 1. The standard InChI is InChI=1S/C20H14ClN3O6S2/c1-11-2-8-14(9-3-11)32(29,30)18-16(12-4-6-13(21)7-5-12)23(19(26)17(18)25)20-22-10-15(31-20)24(27)28/h2-10,16,25H,1H3. The molecule has 4 rings (SSSR count). The molecule has 0 saturated heterocycles. The van der Waals surface area contributed by atoms with Gasteiger partial charge in [0.2, 0.25) is 9.84 Å². The zero-order chi connectivity index (χ0) is 23.2. The first-order valence-corrected chi connectivity index (χ1v) is 11.7. The van der Waals surface area contributed by atoms with Crippen LogP contribution in [0.2, 0.25) is 5.02 Å². The van der Waals surface area contributed by atoms with E-state index in [-0.39, 0.29) is 15.0 Å². The summed E-state index contributed by atoms with van der Waals surface area (Å²) in [5.41, 5.74) is 1.16. The van der Waals surface area contributed by atoms with Gasteiger partial charge in [-0.1, -0.05) is 41.4 Å². The maximum Gasteiger partial charge on any atom is 0.345 e. The van der Waals surface area contributed by atoms with Crippen molar-refractivity contribution < 1.29 is 23.2 Å². The fourth-order valence-electron chi connectivity index (χ4n) is 3.30. The highest BCUT2D eigenvalue weighted by Crippen LogP contribution is 2.46. The minimum atomic E-state index is -4.32. The zero-order valence-electron chi connectivity index (χ0n) is 16.3. The van der Waals surface area contributed by atoms with E-state index in [9.17, 15) is 28.4 Å². The van der Waals surface area contributed by atoms with Crippen LogP contribution in [0.4, 0.5) is 10.1 Å². The molecule has 0 saturated carbocycles. The van der Waals surface area contributed by atoms with Crippen LogP contribution in [0.3, 0.4) is 0 Å². The molecular weight excluding hydrogens is 478 g/mol. The summed E-state index contributed by atoms with van der Waals surface area (Å²) in [6, 6.07) is 10.7. The Hall–Kier alpha value is -3.28. The van der Waals surface area contributed by atoms with Gasteiger partial charge >= 0.3 is 5.00 Å². The molecule has 1 aliphatic heterocycles. The van der Waals surface area contributed by atoms with Crippen molar-refractivity contribution in [1.82, 2.24) is 4.98 Å². The lowest BCUT2D eigenvalue weighted by molar-refractivity contribution is -0.380. The van der Waals surface area contributed by atoms with Gasteiger partial charge in [0.25, 0.3) is 5.91 Å². The molecule has 0 bridgehead atoms. The molecule has 3 aromatic rings. The first-order valence-electron chi connectivity index (χ1n) is 9.05. The summed E-state index contributed by atoms with van der Waals surface area (Å²) >= 11 is 6.55. The smallest absolute Gasteiger partial charge is 0.345 e. The van der Waals surface area contributed by atoms with E-state index < -0.39 is 37.4 Å². The summed E-state index contributed by atoms with van der Waals surface area (Å²) in [6.07, 6.45) is 0.968. The van der Waals surface area contributed by atoms with Crippen molar-refractivity contribution in [2.75, 3.05) is 4.90 Å². The van der Waals surface area contributed by atoms with Crippen molar-refractivity contribution >= 4 is 48.8 Å². The first kappa shape index (κ1) is 21.9. The topological polar surface area (TPSA) is 131 Å². The van der Waals surface area contributed by atoms with Crippen molar-refractivity contribution in [2.45, 2.75) is 17.9 Å². The maximum atomic E-state index is 13.5. The normalized spacial score (nSPS) is 16.6. The lowest BCUT2D eigenvalue weighted by Gasteiger charge is -2.24. The Balaban J connectivity index is 1.92. The summed E-state index contributed by atoms with van der Waals surface area (Å²) in [5.74, 6) is -2.00. The molecule has 2 aromatic carbocycles. The molecule has 2 heterocycles. The lowest BCUT2D eigenvalue weighted by atomic mass is 10.1. The number of aryl methyl sites for hydroxylation is 1. The van der Waals surface area contributed by atoms with Crippen LogP contribution in [-0.2, 0) is 14.6 Å². The molecule has 1 amide bonds. The molecule has 1 aromatic heterocycles. The second-order valence-corrected chi connectivity index (χ2v) is 10.2. The summed E-state index contributed by atoms with van der Waals surface area (Å²) < 4.78 is 27.0. The molecule has 9 nitrogen and oxygen atoms in total. The molecule has 1 aliphatic rings. The van der Waals surface area contributed by atoms with E-state index in [2.05, 4.69) is 4.98 Å². The second kappa shape index (κ2) is 8.01. The van der Waals surface area contributed by atoms with Crippen molar-refractivity contribution in [3.05, 3.63) is 91.7 Å². The average Bonchev–Trinajstić information content (AvgIpc) is 3.33. The monoisotopic (exact) mass is 491 g/mol. The lowest BCUT2D eigenvalue weighted by Crippen LogP contribution is -2.30. The molecule has 1 unspecified atom stereocenters. The summed E-state index contributed by atoms with van der Waals surface area (Å²) in [5, 5.41) is 21.7. The van der Waals surface area contributed by atoms with Crippen LogP contribution in [0.5, 0.6) is 0 Å². The summed E-state index contributed by atoms with van der Waals surface area (Å²) in [4.78, 5) is 27.7. The van der Waals surface area contributed by atoms with E-state index in [1.54, 1.807) is 19.1 Å². The van der Waals surface area contributed by atoms with E-state index in [1.165, 1.54) is 36.4 Å². The van der Waals surface area contributed by atoms with Gasteiger partial charge in [0.05, 0.1) is 9.82 Å². The fourth-order valence-corrected chi connectivity index (χ4v) is 5.81. The molecule has 0 aliphatic carbocycles. The third-order valence-corrected chi connectivity index (χ3v) is 7.92. The van der Waals surface area contributed by atoms with E-state index >= 15 is 0 Å². The highest BCUT2D eigenvalue weighted by molar-refractivity contribution is 7.95. The number of rotatable bonds is 5. The predicted molar refractivity (Wildman–Crippen MR) is 118 cm³/mol. The zero-order valence-corrected chi connectivity index (χ0v) is 18.7. The number of hydrogen-bond donors (Lipinski definition) is 1. The van der Waals surface area contributed by atoms with Gasteiger partial charge in [-0.3, -0.25) is 19.8 Å². The minimum absolute atomic E-state index is 0.108. The molecule has 164 valence electrons. The van der Waals surface area contributed by atoms with E-state index in [4.69, 9.17) is 11.6 Å². The second-order valence-electron chi connectivity index (χ2n) is 6.90. The van der Waals surface area contributed by atoms with Gasteiger partial charge in [0, 0.05) is 5.02 Å². The number of anilines is 1. The largest absolute Gasteiger partial charge is 0.502 e. The Bertz CT molecular complexity index is 1370. The number of amides is 1. The Morgan fingerprint density at radius 1 is 1.16 bits per heavy atom. The van der Waals surface area contributed by atoms with Gasteiger partial charge in [-0.2, -0.15) is 0 Å². The number of aromatic nitrogens is 1. The number of carbonyl (C=O) groups is 1. The van der Waals surface area contributed by atoms with Crippen LogP contribution in [0.25, 0.3) is 0 Å². The number of sulfone groups is 1. The molecule has 0 radical (unpaired) electrons. The summed E-state index contributed by atoms with van der Waals surface area (Å²) in [6.45, 7) is 1.79. The SMILES string of the molecule is Cc1ccc(S(=O)(=O)C2=C(O)C(=O)N(c3ncc([N+](=O)[O-])s3)C2c2ccc(Cl)cc2)cc1. The van der Waals surface area contributed by atoms with Gasteiger partial charge in [-0.15, -0.1) is 0 Å². The quantitative estimate of drug-likeness (QED) is 0.414. The van der Waals surface area contributed by atoms with Crippen molar-refractivity contribution in [1.29, 1.82) is 0 Å². The van der Waals surface area contributed by atoms with Crippen LogP contribution < -0.4 is 4.90 Å². The molecule has 0 spiro atoms. The molecule has 12 heteroatoms. The number of halogens is 1. The van der Waals surface area contributed by atoms with Crippen LogP contribution in [-0.4, -0.2) is 29.3 Å². The first-order chi connectivity index (χ1) is 15.1. The maximum absolute atomic E-state index is 13.5. The van der Waals surface area contributed by atoms with Crippen LogP contribution in [0.15, 0.2) is 70.3 Å². The molecule has 1 N–H and O–H groups in total. The fraction of sp³-hybridized carbons (Fsp3) is 0.100. The van der Waals surface area contributed by atoms with Gasteiger partial charge in [-0.25, -0.2) is 13.4 Å². The number of benzene rings is 2. The Kier molecular flexibility index (Phi) is 5.49. The van der Waals surface area contributed by atoms with Crippen LogP contribution in [0.1, 0.15) is 17.2 Å². The Labute approximate surface area is 191 Å². The number of aliphatic hydroxyl groups excluding tert-OH is 1. The van der Waals surface area contributed by atoms with E-state index in [0.717, 1.165) is 16.7 Å². The molecular formula is C20H14ClN3O6S2. The third-order valence-electron chi connectivity index (χ3n) is 4.84. The van der Waals surface area contributed by atoms with Gasteiger partial charge in [0.15, 0.2) is 10.9 Å². The molecule has 32 heavy (non-hydrogen) atoms. The van der Waals surface area contributed by atoms with Crippen molar-refractivity contribution in [3.63, 3.8) is 0 Å². The Morgan fingerprint density at radius 3 is 2.34 bits per heavy atom. The number of carbonyl (C=O) groups excluding carboxylic acids is 1. The molecule has 0 fully saturated rings. The van der Waals surface area contributed by atoms with Crippen LogP contribution >= 0.6 is 22.9 Å². The van der Waals surface area contributed by atoms with Crippen LogP contribution in [0, 0.1) is 17.0 Å². The molecule has 1 atom stereocenters. The highest BCUT2D eigenvalue weighted by Gasteiger charge is 2.49. The van der Waals surface area contributed by atoms with Gasteiger partial charge in [-0.05, 0) is 48.1 Å². The number of nitrogens with zero attached hydrogens (tertiary/aromatic N) is 3. The summed E-state index contributed by atoms with van der Waals surface area (Å²) in [7, 11) is -4.32. The number of hydrogen-bond acceptors (Lipinski definition) is 8. The third kappa shape index (κ3) is 3.64. The number of aliphatic hydroxyl groups is 1. The van der Waals surface area contributed by atoms with Gasteiger partial charge in [0.1, 0.15) is 17.1 Å². The van der Waals surface area contributed by atoms with E-state index in [0.29, 0.717) is 21.9 Å².